The van der Waals surface area contributed by atoms with Gasteiger partial charge in [0.05, 0.1) is 6.07 Å². The molecule has 1 rings (SSSR count). The zero-order valence-corrected chi connectivity index (χ0v) is 11.9. The molecule has 0 aromatic carbocycles. The molecule has 0 saturated carbocycles. The molecular formula is C14H25N3O. The first-order valence-electron chi connectivity index (χ1n) is 6.91. The first kappa shape index (κ1) is 15.0. The van der Waals surface area contributed by atoms with Gasteiger partial charge in [-0.3, -0.25) is 4.79 Å². The monoisotopic (exact) mass is 251 g/mol. The molecule has 1 atom stereocenters. The first-order valence-corrected chi connectivity index (χ1v) is 6.91. The molecule has 102 valence electrons. The van der Waals surface area contributed by atoms with Crippen molar-refractivity contribution >= 4 is 5.91 Å². The van der Waals surface area contributed by atoms with Crippen LogP contribution in [-0.4, -0.2) is 49.4 Å². The van der Waals surface area contributed by atoms with E-state index in [0.29, 0.717) is 12.3 Å². The molecule has 18 heavy (non-hydrogen) atoms. The molecule has 1 aliphatic rings. The van der Waals surface area contributed by atoms with Gasteiger partial charge in [-0.2, -0.15) is 5.26 Å². The van der Waals surface area contributed by atoms with Gasteiger partial charge in [0.2, 0.25) is 5.91 Å². The van der Waals surface area contributed by atoms with Crippen LogP contribution in [0.1, 0.15) is 32.6 Å². The van der Waals surface area contributed by atoms with Crippen LogP contribution >= 0.6 is 0 Å². The van der Waals surface area contributed by atoms with Crippen molar-refractivity contribution < 1.29 is 4.79 Å². The van der Waals surface area contributed by atoms with Crippen molar-refractivity contribution in [1.82, 2.24) is 9.80 Å². The van der Waals surface area contributed by atoms with Gasteiger partial charge in [0.15, 0.2) is 0 Å². The number of carbonyl (C=O) groups excluding carboxylic acids is 1. The molecular weight excluding hydrogens is 226 g/mol. The maximum atomic E-state index is 12.1. The Morgan fingerprint density at radius 2 is 2.11 bits per heavy atom. The van der Waals surface area contributed by atoms with Gasteiger partial charge in [-0.25, -0.2) is 0 Å². The third-order valence-electron chi connectivity index (χ3n) is 3.78. The molecule has 0 spiro atoms. The first-order chi connectivity index (χ1) is 8.58. The van der Waals surface area contributed by atoms with Gasteiger partial charge in [0, 0.05) is 13.6 Å². The van der Waals surface area contributed by atoms with Gasteiger partial charge in [-0.1, -0.05) is 13.3 Å². The van der Waals surface area contributed by atoms with Crippen LogP contribution in [0.25, 0.3) is 0 Å². The lowest BCUT2D eigenvalue weighted by Gasteiger charge is -2.32. The fraction of sp³-hybridized carbons (Fsp3) is 0.857. The SMILES string of the molecule is CCCC(C#N)C(=O)N(C)CC1CCN(C)CC1. The summed E-state index contributed by atoms with van der Waals surface area (Å²) >= 11 is 0. The Labute approximate surface area is 111 Å². The van der Waals surface area contributed by atoms with Crippen LogP contribution < -0.4 is 0 Å². The Kier molecular flexibility index (Phi) is 6.14. The molecule has 0 radical (unpaired) electrons. The van der Waals surface area contributed by atoms with Gasteiger partial charge in [-0.05, 0) is 45.3 Å². The second-order valence-corrected chi connectivity index (χ2v) is 5.44. The summed E-state index contributed by atoms with van der Waals surface area (Å²) in [6.07, 6.45) is 3.86. The summed E-state index contributed by atoms with van der Waals surface area (Å²) in [5.74, 6) is 0.140. The molecule has 0 N–H and O–H groups in total. The van der Waals surface area contributed by atoms with Crippen LogP contribution in [0.3, 0.4) is 0 Å². The number of nitriles is 1. The molecule has 1 amide bonds. The van der Waals surface area contributed by atoms with E-state index >= 15 is 0 Å². The Bertz CT molecular complexity index is 303. The molecule has 1 unspecified atom stereocenters. The van der Waals surface area contributed by atoms with Crippen molar-refractivity contribution in [2.75, 3.05) is 33.7 Å². The van der Waals surface area contributed by atoms with E-state index in [1.807, 2.05) is 14.0 Å². The molecule has 4 nitrogen and oxygen atoms in total. The van der Waals surface area contributed by atoms with E-state index in [1.54, 1.807) is 4.90 Å². The Morgan fingerprint density at radius 1 is 1.50 bits per heavy atom. The second kappa shape index (κ2) is 7.38. The highest BCUT2D eigenvalue weighted by molar-refractivity contribution is 5.80. The summed E-state index contributed by atoms with van der Waals surface area (Å²) in [6, 6.07) is 2.13. The van der Waals surface area contributed by atoms with Gasteiger partial charge in [0.1, 0.15) is 5.92 Å². The molecule has 1 saturated heterocycles. The predicted molar refractivity (Wildman–Crippen MR) is 71.9 cm³/mol. The van der Waals surface area contributed by atoms with Crippen LogP contribution in [0.2, 0.25) is 0 Å². The number of carbonyl (C=O) groups is 1. The molecule has 0 aliphatic carbocycles. The van der Waals surface area contributed by atoms with Crippen LogP contribution in [-0.2, 0) is 4.79 Å². The maximum Gasteiger partial charge on any atom is 0.239 e. The third-order valence-corrected chi connectivity index (χ3v) is 3.78. The number of hydrogen-bond donors (Lipinski definition) is 0. The molecule has 1 heterocycles. The number of rotatable bonds is 5. The molecule has 1 fully saturated rings. The van der Waals surface area contributed by atoms with Crippen LogP contribution in [0.15, 0.2) is 0 Å². The average Bonchev–Trinajstić information content (AvgIpc) is 2.37. The zero-order chi connectivity index (χ0) is 13.5. The third kappa shape index (κ3) is 4.30. The molecule has 4 heteroatoms. The summed E-state index contributed by atoms with van der Waals surface area (Å²) in [5.41, 5.74) is 0. The zero-order valence-electron chi connectivity index (χ0n) is 11.9. The molecule has 0 aromatic heterocycles. The Morgan fingerprint density at radius 3 is 2.61 bits per heavy atom. The second-order valence-electron chi connectivity index (χ2n) is 5.44. The van der Waals surface area contributed by atoms with E-state index in [9.17, 15) is 4.79 Å². The van der Waals surface area contributed by atoms with E-state index in [0.717, 1.165) is 38.9 Å². The van der Waals surface area contributed by atoms with Gasteiger partial charge < -0.3 is 9.80 Å². The number of hydrogen-bond acceptors (Lipinski definition) is 3. The van der Waals surface area contributed by atoms with E-state index in [-0.39, 0.29) is 5.91 Å². The van der Waals surface area contributed by atoms with Crippen LogP contribution in [0.4, 0.5) is 0 Å². The largest absolute Gasteiger partial charge is 0.344 e. The molecule has 1 aliphatic heterocycles. The standard InChI is InChI=1S/C14H25N3O/c1-4-5-13(10-15)14(18)17(3)11-12-6-8-16(2)9-7-12/h12-13H,4-9,11H2,1-3H3. The fourth-order valence-electron chi connectivity index (χ4n) is 2.52. The van der Waals surface area contributed by atoms with Crippen molar-refractivity contribution in [1.29, 1.82) is 5.26 Å². The summed E-state index contributed by atoms with van der Waals surface area (Å²) in [7, 11) is 3.97. The van der Waals surface area contributed by atoms with Crippen molar-refractivity contribution in [3.63, 3.8) is 0 Å². The Balaban J connectivity index is 2.42. The summed E-state index contributed by atoms with van der Waals surface area (Å²) in [6.45, 7) is 5.04. The predicted octanol–water partition coefficient (Wildman–Crippen LogP) is 1.73. The average molecular weight is 251 g/mol. The van der Waals surface area contributed by atoms with Crippen LogP contribution in [0, 0.1) is 23.2 Å². The lowest BCUT2D eigenvalue weighted by molar-refractivity contribution is -0.133. The normalized spacial score (nSPS) is 19.2. The topological polar surface area (TPSA) is 47.3 Å². The van der Waals surface area contributed by atoms with Crippen molar-refractivity contribution in [3.05, 3.63) is 0 Å². The molecule has 0 bridgehead atoms. The minimum atomic E-state index is -0.453. The lowest BCUT2D eigenvalue weighted by atomic mass is 9.96. The maximum absolute atomic E-state index is 12.1. The quantitative estimate of drug-likeness (QED) is 0.747. The highest BCUT2D eigenvalue weighted by Crippen LogP contribution is 2.18. The summed E-state index contributed by atoms with van der Waals surface area (Å²) < 4.78 is 0. The van der Waals surface area contributed by atoms with E-state index in [1.165, 1.54) is 0 Å². The smallest absolute Gasteiger partial charge is 0.239 e. The number of likely N-dealkylation sites (tertiary alicyclic amines) is 1. The van der Waals surface area contributed by atoms with Crippen LogP contribution in [0.5, 0.6) is 0 Å². The van der Waals surface area contributed by atoms with E-state index < -0.39 is 5.92 Å². The summed E-state index contributed by atoms with van der Waals surface area (Å²) in [5, 5.41) is 9.01. The van der Waals surface area contributed by atoms with Crippen molar-refractivity contribution in [2.24, 2.45) is 11.8 Å². The molecule has 0 aromatic rings. The van der Waals surface area contributed by atoms with E-state index in [4.69, 9.17) is 5.26 Å². The minimum Gasteiger partial charge on any atom is -0.344 e. The summed E-state index contributed by atoms with van der Waals surface area (Å²) in [4.78, 5) is 16.2. The highest BCUT2D eigenvalue weighted by atomic mass is 16.2. The number of amides is 1. The van der Waals surface area contributed by atoms with Crippen molar-refractivity contribution in [2.45, 2.75) is 32.6 Å². The lowest BCUT2D eigenvalue weighted by Crippen LogP contribution is -2.40. The van der Waals surface area contributed by atoms with E-state index in [2.05, 4.69) is 18.0 Å². The highest BCUT2D eigenvalue weighted by Gasteiger charge is 2.24. The van der Waals surface area contributed by atoms with Gasteiger partial charge in [0.25, 0.3) is 0 Å². The van der Waals surface area contributed by atoms with Gasteiger partial charge in [-0.15, -0.1) is 0 Å². The number of piperidine rings is 1. The Hall–Kier alpha value is -1.08. The minimum absolute atomic E-state index is 0.00159. The fourth-order valence-corrected chi connectivity index (χ4v) is 2.52. The van der Waals surface area contributed by atoms with Gasteiger partial charge >= 0.3 is 0 Å². The number of nitrogens with zero attached hydrogens (tertiary/aromatic N) is 3. The van der Waals surface area contributed by atoms with Crippen molar-refractivity contribution in [3.8, 4) is 6.07 Å².